The Morgan fingerprint density at radius 1 is 1.20 bits per heavy atom. The zero-order chi connectivity index (χ0) is 21.3. The minimum Gasteiger partial charge on any atom is -0.347 e. The van der Waals surface area contributed by atoms with Crippen molar-refractivity contribution in [3.8, 4) is 10.7 Å². The predicted octanol–water partition coefficient (Wildman–Crippen LogP) is 3.51. The minimum atomic E-state index is -0.333. The van der Waals surface area contributed by atoms with Gasteiger partial charge in [-0.25, -0.2) is 14.4 Å². The molecule has 1 aromatic carbocycles. The zero-order valence-electron chi connectivity index (χ0n) is 16.3. The van der Waals surface area contributed by atoms with Crippen LogP contribution in [0.3, 0.4) is 0 Å². The molecule has 0 aliphatic rings. The Morgan fingerprint density at radius 3 is 2.70 bits per heavy atom. The average Bonchev–Trinajstić information content (AvgIpc) is 3.37. The molecule has 2 amide bonds. The molecular weight excluding hydrogens is 405 g/mol. The molecule has 0 aliphatic heterocycles. The summed E-state index contributed by atoms with van der Waals surface area (Å²) in [7, 11) is 1.66. The van der Waals surface area contributed by atoms with E-state index in [2.05, 4.69) is 15.3 Å². The van der Waals surface area contributed by atoms with Crippen LogP contribution >= 0.6 is 11.3 Å². The molecule has 0 aliphatic carbocycles. The normalized spacial score (nSPS) is 10.9. The number of nitrogens with one attached hydrogen (secondary N) is 1. The van der Waals surface area contributed by atoms with Crippen molar-refractivity contribution in [3.63, 3.8) is 0 Å². The maximum Gasteiger partial charge on any atom is 0.272 e. The molecule has 7 nitrogen and oxygen atoms in total. The molecule has 3 aromatic heterocycles. The quantitative estimate of drug-likeness (QED) is 0.533. The molecule has 4 aromatic rings. The molecule has 0 spiro atoms. The zero-order valence-corrected chi connectivity index (χ0v) is 17.1. The number of thiazole rings is 1. The van der Waals surface area contributed by atoms with Gasteiger partial charge in [-0.05, 0) is 29.8 Å². The highest BCUT2D eigenvalue weighted by molar-refractivity contribution is 7.19. The van der Waals surface area contributed by atoms with E-state index in [4.69, 9.17) is 0 Å². The second-order valence-corrected chi connectivity index (χ2v) is 7.64. The van der Waals surface area contributed by atoms with E-state index >= 15 is 0 Å². The topological polar surface area (TPSA) is 79.6 Å². The second-order valence-electron chi connectivity index (χ2n) is 6.63. The van der Waals surface area contributed by atoms with Gasteiger partial charge >= 0.3 is 0 Å². The van der Waals surface area contributed by atoms with Crippen LogP contribution in [0.4, 0.5) is 9.52 Å². The number of pyridine rings is 1. The summed E-state index contributed by atoms with van der Waals surface area (Å²) < 4.78 is 14.9. The van der Waals surface area contributed by atoms with Crippen molar-refractivity contribution < 1.29 is 14.0 Å². The Labute approximate surface area is 175 Å². The third-order valence-corrected chi connectivity index (χ3v) is 5.67. The lowest BCUT2D eigenvalue weighted by atomic mass is 10.2. The van der Waals surface area contributed by atoms with Gasteiger partial charge < -0.3 is 5.32 Å². The van der Waals surface area contributed by atoms with Gasteiger partial charge in [0.15, 0.2) is 16.6 Å². The average molecular weight is 423 g/mol. The highest BCUT2D eigenvalue weighted by Gasteiger charge is 2.20. The number of nitrogens with zero attached hydrogens (tertiary/aromatic N) is 4. The van der Waals surface area contributed by atoms with Gasteiger partial charge in [0, 0.05) is 26.7 Å². The summed E-state index contributed by atoms with van der Waals surface area (Å²) in [6.45, 7) is 1.73. The van der Waals surface area contributed by atoms with Crippen molar-refractivity contribution in [3.05, 3.63) is 71.9 Å². The van der Waals surface area contributed by atoms with Crippen molar-refractivity contribution >= 4 is 33.8 Å². The third kappa shape index (κ3) is 3.79. The van der Waals surface area contributed by atoms with E-state index < -0.39 is 0 Å². The van der Waals surface area contributed by atoms with Crippen LogP contribution in [0.1, 0.15) is 23.0 Å². The van der Waals surface area contributed by atoms with E-state index in [-0.39, 0.29) is 29.9 Å². The molecule has 0 atom stereocenters. The maximum atomic E-state index is 13.1. The first-order valence-corrected chi connectivity index (χ1v) is 9.96. The largest absolute Gasteiger partial charge is 0.347 e. The first kappa shape index (κ1) is 19.7. The van der Waals surface area contributed by atoms with Gasteiger partial charge in [0.2, 0.25) is 5.91 Å². The number of anilines is 1. The lowest BCUT2D eigenvalue weighted by molar-refractivity contribution is -0.116. The van der Waals surface area contributed by atoms with E-state index in [1.165, 1.54) is 35.3 Å². The Kier molecular flexibility index (Phi) is 5.28. The standard InChI is InChI=1S/C21H18FN5O2S/c1-13(28)26(2)21-24-12-17(30-21)19-25-18(16-5-3-4-10-27(16)19)20(29)23-11-14-6-8-15(22)9-7-14/h3-10,12H,11H2,1-2H3,(H,23,29). The number of aromatic nitrogens is 3. The molecule has 0 radical (unpaired) electrons. The van der Waals surface area contributed by atoms with E-state index in [1.54, 1.807) is 25.4 Å². The van der Waals surface area contributed by atoms with Gasteiger partial charge in [-0.15, -0.1) is 0 Å². The van der Waals surface area contributed by atoms with Crippen molar-refractivity contribution in [2.45, 2.75) is 13.5 Å². The number of rotatable bonds is 5. The molecule has 1 N–H and O–H groups in total. The number of carbonyl (C=O) groups is 2. The maximum absolute atomic E-state index is 13.1. The van der Waals surface area contributed by atoms with E-state index in [9.17, 15) is 14.0 Å². The van der Waals surface area contributed by atoms with Crippen molar-refractivity contribution in [1.82, 2.24) is 19.7 Å². The molecule has 0 saturated heterocycles. The number of carbonyl (C=O) groups excluding carboxylic acids is 2. The molecule has 0 fully saturated rings. The number of amides is 2. The van der Waals surface area contributed by atoms with E-state index in [1.807, 2.05) is 28.8 Å². The summed E-state index contributed by atoms with van der Waals surface area (Å²) in [5, 5.41) is 3.38. The Morgan fingerprint density at radius 2 is 1.97 bits per heavy atom. The lowest BCUT2D eigenvalue weighted by Crippen LogP contribution is -2.23. The molecule has 0 unspecified atom stereocenters. The second kappa shape index (κ2) is 8.03. The highest BCUT2D eigenvalue weighted by atomic mass is 32.1. The number of benzene rings is 1. The van der Waals surface area contributed by atoms with E-state index in [0.717, 1.165) is 10.4 Å². The van der Waals surface area contributed by atoms with Gasteiger partial charge in [0.25, 0.3) is 5.91 Å². The Hall–Kier alpha value is -3.59. The first-order valence-electron chi connectivity index (χ1n) is 9.14. The molecule has 3 heterocycles. The third-order valence-electron chi connectivity index (χ3n) is 4.60. The van der Waals surface area contributed by atoms with Crippen LogP contribution in [0.15, 0.2) is 54.9 Å². The van der Waals surface area contributed by atoms with Crippen LogP contribution in [0.2, 0.25) is 0 Å². The smallest absolute Gasteiger partial charge is 0.272 e. The summed E-state index contributed by atoms with van der Waals surface area (Å²) in [5.74, 6) is -0.211. The van der Waals surface area contributed by atoms with Gasteiger partial charge in [-0.1, -0.05) is 29.5 Å². The van der Waals surface area contributed by atoms with Crippen LogP contribution in [-0.2, 0) is 11.3 Å². The fourth-order valence-electron chi connectivity index (χ4n) is 2.91. The number of fused-ring (bicyclic) bond motifs is 1. The molecule has 9 heteroatoms. The highest BCUT2D eigenvalue weighted by Crippen LogP contribution is 2.31. The molecule has 0 bridgehead atoms. The SMILES string of the molecule is CC(=O)N(C)c1ncc(-c2nc(C(=O)NCc3ccc(F)cc3)c3ccccn23)s1. The Balaban J connectivity index is 1.64. The first-order chi connectivity index (χ1) is 14.4. The van der Waals surface area contributed by atoms with Crippen molar-refractivity contribution in [1.29, 1.82) is 0 Å². The number of hydrogen-bond donors (Lipinski definition) is 1. The summed E-state index contributed by atoms with van der Waals surface area (Å²) in [4.78, 5) is 35.5. The Bertz CT molecular complexity index is 1230. The predicted molar refractivity (Wildman–Crippen MR) is 113 cm³/mol. The van der Waals surface area contributed by atoms with Crippen LogP contribution < -0.4 is 10.2 Å². The van der Waals surface area contributed by atoms with Gasteiger partial charge in [-0.2, -0.15) is 0 Å². The fourth-order valence-corrected chi connectivity index (χ4v) is 3.81. The number of hydrogen-bond acceptors (Lipinski definition) is 5. The summed E-state index contributed by atoms with van der Waals surface area (Å²) >= 11 is 1.32. The number of imidazole rings is 1. The molecule has 4 rings (SSSR count). The lowest BCUT2D eigenvalue weighted by Gasteiger charge is -2.09. The number of halogens is 1. The fraction of sp³-hybridized carbons (Fsp3) is 0.143. The van der Waals surface area contributed by atoms with Gasteiger partial charge in [-0.3, -0.25) is 18.9 Å². The van der Waals surface area contributed by atoms with Crippen molar-refractivity contribution in [2.24, 2.45) is 0 Å². The van der Waals surface area contributed by atoms with Crippen LogP contribution in [-0.4, -0.2) is 33.2 Å². The van der Waals surface area contributed by atoms with E-state index in [0.29, 0.717) is 16.5 Å². The summed E-state index contributed by atoms with van der Waals surface area (Å²) in [5.41, 5.74) is 1.72. The molecular formula is C21H18FN5O2S. The van der Waals surface area contributed by atoms with Gasteiger partial charge in [0.1, 0.15) is 5.82 Å². The van der Waals surface area contributed by atoms with Crippen LogP contribution in [0.5, 0.6) is 0 Å². The van der Waals surface area contributed by atoms with Crippen LogP contribution in [0, 0.1) is 5.82 Å². The molecule has 30 heavy (non-hydrogen) atoms. The molecule has 152 valence electrons. The summed E-state index contributed by atoms with van der Waals surface area (Å²) in [6.07, 6.45) is 3.46. The van der Waals surface area contributed by atoms with Crippen molar-refractivity contribution in [2.75, 3.05) is 11.9 Å². The van der Waals surface area contributed by atoms with Crippen LogP contribution in [0.25, 0.3) is 16.2 Å². The monoisotopic (exact) mass is 423 g/mol. The van der Waals surface area contributed by atoms with Gasteiger partial charge in [0.05, 0.1) is 16.6 Å². The molecule has 0 saturated carbocycles. The summed E-state index contributed by atoms with van der Waals surface area (Å²) in [6, 6.07) is 11.4. The minimum absolute atomic E-state index is 0.121.